The molecule has 0 atom stereocenters. The van der Waals surface area contributed by atoms with Crippen LogP contribution in [0, 0.1) is 0 Å². The Hall–Kier alpha value is -1.75. The van der Waals surface area contributed by atoms with E-state index in [1.54, 1.807) is 29.2 Å². The van der Waals surface area contributed by atoms with Crippen LogP contribution in [0.2, 0.25) is 5.02 Å². The summed E-state index contributed by atoms with van der Waals surface area (Å²) >= 11 is 5.79. The molecule has 1 aliphatic heterocycles. The molecule has 114 valence electrons. The van der Waals surface area contributed by atoms with Crippen LogP contribution in [0.3, 0.4) is 0 Å². The Morgan fingerprint density at radius 3 is 2.48 bits per heavy atom. The van der Waals surface area contributed by atoms with E-state index in [4.69, 9.17) is 16.3 Å². The van der Waals surface area contributed by atoms with E-state index in [2.05, 4.69) is 5.32 Å². The Kier molecular flexibility index (Phi) is 5.44. The summed E-state index contributed by atoms with van der Waals surface area (Å²) < 4.78 is 5.45. The number of piperidine rings is 1. The van der Waals surface area contributed by atoms with Gasteiger partial charge in [0.05, 0.1) is 0 Å². The molecule has 0 radical (unpaired) electrons. The summed E-state index contributed by atoms with van der Waals surface area (Å²) in [7, 11) is 0. The number of hydrogen-bond donors (Lipinski definition) is 1. The summed E-state index contributed by atoms with van der Waals surface area (Å²) in [4.78, 5) is 24.8. The molecule has 0 spiro atoms. The largest absolute Gasteiger partial charge is 0.484 e. The van der Waals surface area contributed by atoms with Crippen molar-refractivity contribution in [2.24, 2.45) is 0 Å². The average molecular weight is 311 g/mol. The van der Waals surface area contributed by atoms with E-state index in [0.717, 1.165) is 12.8 Å². The number of rotatable bonds is 4. The van der Waals surface area contributed by atoms with Crippen molar-refractivity contribution in [3.8, 4) is 5.75 Å². The Morgan fingerprint density at radius 1 is 1.29 bits per heavy atom. The molecule has 21 heavy (non-hydrogen) atoms. The Labute approximate surface area is 129 Å². The maximum Gasteiger partial charge on any atom is 0.260 e. The Bertz CT molecular complexity index is 496. The molecule has 6 heteroatoms. The highest BCUT2D eigenvalue weighted by atomic mass is 35.5. The minimum Gasteiger partial charge on any atom is -0.484 e. The van der Waals surface area contributed by atoms with Gasteiger partial charge in [0.1, 0.15) is 5.75 Å². The van der Waals surface area contributed by atoms with Gasteiger partial charge in [-0.3, -0.25) is 9.59 Å². The third-order valence-corrected chi connectivity index (χ3v) is 3.68. The molecule has 1 aromatic rings. The minimum absolute atomic E-state index is 0.0203. The van der Waals surface area contributed by atoms with Crippen LogP contribution in [0.5, 0.6) is 5.75 Å². The van der Waals surface area contributed by atoms with Gasteiger partial charge in [-0.2, -0.15) is 0 Å². The van der Waals surface area contributed by atoms with E-state index in [9.17, 15) is 9.59 Å². The zero-order chi connectivity index (χ0) is 15.2. The summed E-state index contributed by atoms with van der Waals surface area (Å²) in [6.45, 7) is 2.82. The van der Waals surface area contributed by atoms with Crippen molar-refractivity contribution in [1.82, 2.24) is 10.2 Å². The third-order valence-electron chi connectivity index (χ3n) is 3.43. The third kappa shape index (κ3) is 4.93. The number of carbonyl (C=O) groups is 2. The fourth-order valence-electron chi connectivity index (χ4n) is 2.33. The van der Waals surface area contributed by atoms with E-state index in [-0.39, 0.29) is 24.5 Å². The van der Waals surface area contributed by atoms with Crippen molar-refractivity contribution in [1.29, 1.82) is 0 Å². The van der Waals surface area contributed by atoms with Crippen LogP contribution in [0.15, 0.2) is 24.3 Å². The molecule has 0 aromatic heterocycles. The SMILES string of the molecule is CC(=O)NC1CCN(C(=O)COc2ccc(Cl)cc2)CC1. The summed E-state index contributed by atoms with van der Waals surface area (Å²) in [5.41, 5.74) is 0. The summed E-state index contributed by atoms with van der Waals surface area (Å²) in [6, 6.07) is 7.08. The minimum atomic E-state index is -0.0359. The molecule has 1 fully saturated rings. The number of carbonyl (C=O) groups excluding carboxylic acids is 2. The van der Waals surface area contributed by atoms with Gasteiger partial charge < -0.3 is 15.0 Å². The first-order valence-corrected chi connectivity index (χ1v) is 7.35. The first-order valence-electron chi connectivity index (χ1n) is 6.98. The summed E-state index contributed by atoms with van der Waals surface area (Å²) in [5, 5.41) is 3.52. The van der Waals surface area contributed by atoms with Gasteiger partial charge in [-0.1, -0.05) is 11.6 Å². The number of nitrogens with one attached hydrogen (secondary N) is 1. The lowest BCUT2D eigenvalue weighted by Crippen LogP contribution is -2.47. The monoisotopic (exact) mass is 310 g/mol. The Balaban J connectivity index is 1.74. The highest BCUT2D eigenvalue weighted by molar-refractivity contribution is 6.30. The van der Waals surface area contributed by atoms with Gasteiger partial charge in [-0.15, -0.1) is 0 Å². The first kappa shape index (κ1) is 15.6. The topological polar surface area (TPSA) is 58.6 Å². The molecular formula is C15H19ClN2O3. The van der Waals surface area contributed by atoms with Crippen molar-refractivity contribution in [3.63, 3.8) is 0 Å². The number of hydrogen-bond acceptors (Lipinski definition) is 3. The molecule has 0 unspecified atom stereocenters. The van der Waals surface area contributed by atoms with Gasteiger partial charge in [0.25, 0.3) is 5.91 Å². The smallest absolute Gasteiger partial charge is 0.260 e. The van der Waals surface area contributed by atoms with Gasteiger partial charge >= 0.3 is 0 Å². The summed E-state index contributed by atoms with van der Waals surface area (Å²) in [6.07, 6.45) is 1.57. The molecule has 5 nitrogen and oxygen atoms in total. The van der Waals surface area contributed by atoms with Gasteiger partial charge in [0.2, 0.25) is 5.91 Å². The predicted octanol–water partition coefficient (Wildman–Crippen LogP) is 1.85. The molecule has 2 amide bonds. The molecule has 1 aromatic carbocycles. The van der Waals surface area contributed by atoms with Gasteiger partial charge in [0.15, 0.2) is 6.61 Å². The van der Waals surface area contributed by atoms with E-state index in [1.165, 1.54) is 6.92 Å². The lowest BCUT2D eigenvalue weighted by atomic mass is 10.1. The second-order valence-electron chi connectivity index (χ2n) is 5.10. The Morgan fingerprint density at radius 2 is 1.90 bits per heavy atom. The fourth-order valence-corrected chi connectivity index (χ4v) is 2.45. The highest BCUT2D eigenvalue weighted by Crippen LogP contribution is 2.16. The van der Waals surface area contributed by atoms with Crippen LogP contribution >= 0.6 is 11.6 Å². The molecule has 2 rings (SSSR count). The molecule has 0 bridgehead atoms. The van der Waals surface area contributed by atoms with Crippen LogP contribution in [-0.4, -0.2) is 42.5 Å². The number of ether oxygens (including phenoxy) is 1. The fraction of sp³-hybridized carbons (Fsp3) is 0.467. The second kappa shape index (κ2) is 7.31. The predicted molar refractivity (Wildman–Crippen MR) is 80.4 cm³/mol. The van der Waals surface area contributed by atoms with Gasteiger partial charge in [-0.25, -0.2) is 0 Å². The molecule has 0 aliphatic carbocycles. The molecule has 1 N–H and O–H groups in total. The van der Waals surface area contributed by atoms with Crippen LogP contribution in [0.25, 0.3) is 0 Å². The van der Waals surface area contributed by atoms with Crippen LogP contribution in [-0.2, 0) is 9.59 Å². The quantitative estimate of drug-likeness (QED) is 0.923. The summed E-state index contributed by atoms with van der Waals surface area (Å²) in [5.74, 6) is 0.568. The van der Waals surface area contributed by atoms with E-state index < -0.39 is 0 Å². The van der Waals surface area contributed by atoms with Crippen molar-refractivity contribution < 1.29 is 14.3 Å². The second-order valence-corrected chi connectivity index (χ2v) is 5.53. The lowest BCUT2D eigenvalue weighted by Gasteiger charge is -2.32. The molecule has 0 saturated carbocycles. The van der Waals surface area contributed by atoms with Crippen molar-refractivity contribution in [2.75, 3.05) is 19.7 Å². The van der Waals surface area contributed by atoms with E-state index >= 15 is 0 Å². The average Bonchev–Trinajstić information content (AvgIpc) is 2.46. The lowest BCUT2D eigenvalue weighted by molar-refractivity contribution is -0.134. The standard InChI is InChI=1S/C15H19ClN2O3/c1-11(19)17-13-6-8-18(9-7-13)15(20)10-21-14-4-2-12(16)3-5-14/h2-5,13H,6-10H2,1H3,(H,17,19). The maximum absolute atomic E-state index is 12.1. The van der Waals surface area contributed by atoms with Crippen LogP contribution < -0.4 is 10.1 Å². The van der Waals surface area contributed by atoms with Crippen molar-refractivity contribution >= 4 is 23.4 Å². The number of amides is 2. The van der Waals surface area contributed by atoms with Crippen molar-refractivity contribution in [2.45, 2.75) is 25.8 Å². The number of likely N-dealkylation sites (tertiary alicyclic amines) is 1. The van der Waals surface area contributed by atoms with E-state index in [0.29, 0.717) is 23.9 Å². The first-order chi connectivity index (χ1) is 10.0. The number of benzene rings is 1. The highest BCUT2D eigenvalue weighted by Gasteiger charge is 2.23. The maximum atomic E-state index is 12.1. The van der Waals surface area contributed by atoms with Gasteiger partial charge in [0, 0.05) is 31.1 Å². The zero-order valence-corrected chi connectivity index (χ0v) is 12.7. The number of nitrogens with zero attached hydrogens (tertiary/aromatic N) is 1. The molecule has 1 saturated heterocycles. The van der Waals surface area contributed by atoms with Gasteiger partial charge in [-0.05, 0) is 37.1 Å². The molecular weight excluding hydrogens is 292 g/mol. The van der Waals surface area contributed by atoms with Crippen LogP contribution in [0.1, 0.15) is 19.8 Å². The molecule has 1 aliphatic rings. The molecule has 1 heterocycles. The number of halogens is 1. The zero-order valence-electron chi connectivity index (χ0n) is 12.0. The normalized spacial score (nSPS) is 15.6. The van der Waals surface area contributed by atoms with E-state index in [1.807, 2.05) is 0 Å². The van der Waals surface area contributed by atoms with Crippen LogP contribution in [0.4, 0.5) is 0 Å². The van der Waals surface area contributed by atoms with Crippen molar-refractivity contribution in [3.05, 3.63) is 29.3 Å².